The second kappa shape index (κ2) is 7.31. The summed E-state index contributed by atoms with van der Waals surface area (Å²) in [7, 11) is 0. The minimum atomic E-state index is -0.211. The third kappa shape index (κ3) is 3.83. The Labute approximate surface area is 143 Å². The zero-order valence-electron chi connectivity index (χ0n) is 14.2. The molecule has 2 aromatic carbocycles. The van der Waals surface area contributed by atoms with Gasteiger partial charge in [0.15, 0.2) is 0 Å². The topological polar surface area (TPSA) is 26.3 Å². The molecule has 0 fully saturated rings. The highest BCUT2D eigenvalue weighted by atomic mass is 16.5. The van der Waals surface area contributed by atoms with Crippen molar-refractivity contribution in [3.05, 3.63) is 88.7 Å². The first kappa shape index (κ1) is 16.3. The quantitative estimate of drug-likeness (QED) is 0.711. The van der Waals surface area contributed by atoms with Gasteiger partial charge in [0.1, 0.15) is 5.76 Å². The van der Waals surface area contributed by atoms with Gasteiger partial charge in [-0.25, -0.2) is 4.79 Å². The largest absolute Gasteiger partial charge is 0.423 e. The van der Waals surface area contributed by atoms with Crippen LogP contribution in [0.2, 0.25) is 0 Å². The van der Waals surface area contributed by atoms with Crippen molar-refractivity contribution in [1.82, 2.24) is 0 Å². The summed E-state index contributed by atoms with van der Waals surface area (Å²) in [5.74, 6) is 0.946. The van der Waals surface area contributed by atoms with Gasteiger partial charge in [-0.2, -0.15) is 0 Å². The molecule has 2 heteroatoms. The average Bonchev–Trinajstić information content (AvgIpc) is 2.85. The fourth-order valence-electron chi connectivity index (χ4n) is 2.92. The first-order valence-corrected chi connectivity index (χ1v) is 8.38. The third-order valence-electron chi connectivity index (χ3n) is 4.04. The fourth-order valence-corrected chi connectivity index (χ4v) is 2.92. The molecule has 1 heterocycles. The summed E-state index contributed by atoms with van der Waals surface area (Å²) < 4.78 is 5.61. The number of esters is 1. The Morgan fingerprint density at radius 1 is 0.917 bits per heavy atom. The van der Waals surface area contributed by atoms with E-state index in [0.717, 1.165) is 28.7 Å². The van der Waals surface area contributed by atoms with Gasteiger partial charge in [0, 0.05) is 17.6 Å². The molecule has 0 N–H and O–H groups in total. The molecule has 0 unspecified atom stereocenters. The smallest absolute Gasteiger partial charge is 0.340 e. The molecule has 2 aromatic rings. The molecule has 1 aliphatic heterocycles. The van der Waals surface area contributed by atoms with Crippen molar-refractivity contribution < 1.29 is 9.53 Å². The van der Waals surface area contributed by atoms with Crippen LogP contribution in [0.3, 0.4) is 0 Å². The number of carbonyl (C=O) groups excluding carboxylic acids is 1. The summed E-state index contributed by atoms with van der Waals surface area (Å²) in [5, 5.41) is 0. The van der Waals surface area contributed by atoms with Crippen molar-refractivity contribution in [2.45, 2.75) is 26.7 Å². The van der Waals surface area contributed by atoms with E-state index in [1.54, 1.807) is 0 Å². The summed E-state index contributed by atoms with van der Waals surface area (Å²) in [5.41, 5.74) is 4.01. The van der Waals surface area contributed by atoms with E-state index in [9.17, 15) is 4.79 Å². The summed E-state index contributed by atoms with van der Waals surface area (Å²) in [4.78, 5) is 12.5. The van der Waals surface area contributed by atoms with Crippen LogP contribution in [-0.4, -0.2) is 5.97 Å². The monoisotopic (exact) mass is 318 g/mol. The average molecular weight is 318 g/mol. The zero-order chi connectivity index (χ0) is 16.9. The summed E-state index contributed by atoms with van der Waals surface area (Å²) in [6, 6.07) is 20.1. The predicted molar refractivity (Wildman–Crippen MR) is 97.1 cm³/mol. The van der Waals surface area contributed by atoms with Crippen LogP contribution in [-0.2, 0) is 16.0 Å². The number of hydrogen-bond donors (Lipinski definition) is 0. The fraction of sp³-hybridized carbons (Fsp3) is 0.227. The van der Waals surface area contributed by atoms with Crippen molar-refractivity contribution in [1.29, 1.82) is 0 Å². The maximum atomic E-state index is 12.5. The van der Waals surface area contributed by atoms with Gasteiger partial charge in [-0.1, -0.05) is 74.5 Å². The van der Waals surface area contributed by atoms with Gasteiger partial charge in [-0.15, -0.1) is 0 Å². The normalized spacial score (nSPS) is 16.1. The number of benzene rings is 2. The van der Waals surface area contributed by atoms with Crippen LogP contribution in [0.5, 0.6) is 0 Å². The van der Waals surface area contributed by atoms with Crippen molar-refractivity contribution in [2.24, 2.45) is 5.92 Å². The lowest BCUT2D eigenvalue weighted by molar-refractivity contribution is -0.133. The van der Waals surface area contributed by atoms with Gasteiger partial charge >= 0.3 is 5.97 Å². The molecule has 0 saturated heterocycles. The first-order chi connectivity index (χ1) is 11.6. The predicted octanol–water partition coefficient (Wildman–Crippen LogP) is 5.17. The number of carbonyl (C=O) groups is 1. The molecule has 0 aromatic heterocycles. The SMILES string of the molecule is CC(C)CC1=C(Cc2ccccc2)C(=O)OC1=Cc1ccccc1. The lowest BCUT2D eigenvalue weighted by Crippen LogP contribution is -2.03. The molecule has 0 amide bonds. The molecule has 0 radical (unpaired) electrons. The van der Waals surface area contributed by atoms with E-state index < -0.39 is 0 Å². The lowest BCUT2D eigenvalue weighted by Gasteiger charge is -2.09. The Morgan fingerprint density at radius 3 is 2.17 bits per heavy atom. The van der Waals surface area contributed by atoms with Crippen molar-refractivity contribution in [2.75, 3.05) is 0 Å². The maximum Gasteiger partial charge on any atom is 0.340 e. The minimum absolute atomic E-state index is 0.211. The second-order valence-corrected chi connectivity index (χ2v) is 6.53. The Kier molecular flexibility index (Phi) is 4.95. The number of allylic oxidation sites excluding steroid dienone is 1. The third-order valence-corrected chi connectivity index (χ3v) is 4.04. The van der Waals surface area contributed by atoms with E-state index in [4.69, 9.17) is 4.74 Å². The van der Waals surface area contributed by atoms with Crippen molar-refractivity contribution in [3.8, 4) is 0 Å². The van der Waals surface area contributed by atoms with Crippen molar-refractivity contribution >= 4 is 12.0 Å². The minimum Gasteiger partial charge on any atom is -0.423 e. The highest BCUT2D eigenvalue weighted by Gasteiger charge is 2.29. The van der Waals surface area contributed by atoms with Crippen LogP contribution in [0.25, 0.3) is 6.08 Å². The van der Waals surface area contributed by atoms with E-state index in [2.05, 4.69) is 13.8 Å². The van der Waals surface area contributed by atoms with Crippen molar-refractivity contribution in [3.63, 3.8) is 0 Å². The van der Waals surface area contributed by atoms with E-state index in [0.29, 0.717) is 18.1 Å². The molecule has 1 aliphatic rings. The van der Waals surface area contributed by atoms with Gasteiger partial charge < -0.3 is 4.74 Å². The molecular formula is C22H22O2. The van der Waals surface area contributed by atoms with Gasteiger partial charge in [-0.3, -0.25) is 0 Å². The summed E-state index contributed by atoms with van der Waals surface area (Å²) in [6.07, 6.45) is 3.42. The number of cyclic esters (lactones) is 1. The van der Waals surface area contributed by atoms with E-state index >= 15 is 0 Å². The van der Waals surface area contributed by atoms with Crippen LogP contribution < -0.4 is 0 Å². The van der Waals surface area contributed by atoms with Crippen LogP contribution in [0.15, 0.2) is 77.6 Å². The highest BCUT2D eigenvalue weighted by molar-refractivity contribution is 5.96. The standard InChI is InChI=1S/C22H22O2/c1-16(2)13-19-20(14-17-9-5-3-6-10-17)22(23)24-21(19)15-18-11-7-4-8-12-18/h3-12,15-16H,13-14H2,1-2H3. The van der Waals surface area contributed by atoms with E-state index in [1.807, 2.05) is 66.7 Å². The molecule has 24 heavy (non-hydrogen) atoms. The lowest BCUT2D eigenvalue weighted by atomic mass is 9.94. The summed E-state index contributed by atoms with van der Waals surface area (Å²) >= 11 is 0. The van der Waals surface area contributed by atoms with Gasteiger partial charge in [-0.05, 0) is 29.5 Å². The molecule has 0 spiro atoms. The number of ether oxygens (including phenoxy) is 1. The molecule has 0 bridgehead atoms. The zero-order valence-corrected chi connectivity index (χ0v) is 14.2. The van der Waals surface area contributed by atoms with E-state index in [1.165, 1.54) is 0 Å². The second-order valence-electron chi connectivity index (χ2n) is 6.53. The Balaban J connectivity index is 1.98. The van der Waals surface area contributed by atoms with Crippen LogP contribution in [0.1, 0.15) is 31.4 Å². The van der Waals surface area contributed by atoms with Gasteiger partial charge in [0.05, 0.1) is 0 Å². The van der Waals surface area contributed by atoms with Crippen LogP contribution >= 0.6 is 0 Å². The van der Waals surface area contributed by atoms with Crippen LogP contribution in [0.4, 0.5) is 0 Å². The van der Waals surface area contributed by atoms with Gasteiger partial charge in [0.25, 0.3) is 0 Å². The summed E-state index contributed by atoms with van der Waals surface area (Å²) in [6.45, 7) is 4.33. The Bertz CT molecular complexity index is 768. The molecule has 0 aliphatic carbocycles. The number of hydrogen-bond acceptors (Lipinski definition) is 2. The molecule has 122 valence electrons. The molecule has 2 nitrogen and oxygen atoms in total. The van der Waals surface area contributed by atoms with Gasteiger partial charge in [0.2, 0.25) is 0 Å². The highest BCUT2D eigenvalue weighted by Crippen LogP contribution is 2.34. The number of rotatable bonds is 5. The molecular weight excluding hydrogens is 296 g/mol. The van der Waals surface area contributed by atoms with E-state index in [-0.39, 0.29) is 5.97 Å². The Morgan fingerprint density at radius 2 is 1.54 bits per heavy atom. The molecule has 0 saturated carbocycles. The van der Waals surface area contributed by atoms with Crippen LogP contribution in [0, 0.1) is 5.92 Å². The maximum absolute atomic E-state index is 12.5. The Hall–Kier alpha value is -2.61. The first-order valence-electron chi connectivity index (χ1n) is 8.38. The molecule has 0 atom stereocenters. The molecule has 3 rings (SSSR count).